The van der Waals surface area contributed by atoms with E-state index in [-0.39, 0.29) is 13.2 Å². The monoisotopic (exact) mass is 408 g/mol. The highest BCUT2D eigenvalue weighted by atomic mass is 79.9. The first-order valence-electron chi connectivity index (χ1n) is 7.46. The second kappa shape index (κ2) is 8.89. The molecule has 0 aromatic heterocycles. The van der Waals surface area contributed by atoms with Crippen LogP contribution in [0.3, 0.4) is 0 Å². The van der Waals surface area contributed by atoms with Gasteiger partial charge in [0.2, 0.25) is 0 Å². The fourth-order valence-corrected chi connectivity index (χ4v) is 3.14. The van der Waals surface area contributed by atoms with Crippen molar-refractivity contribution in [3.63, 3.8) is 0 Å². The number of carbonyl (C=O) groups is 2. The smallest absolute Gasteiger partial charge is 0.339 e. The molecular formula is C18H17BrO4S. The second-order valence-corrected chi connectivity index (χ2v) is 6.74. The van der Waals surface area contributed by atoms with E-state index in [1.165, 1.54) is 17.8 Å². The average molecular weight is 409 g/mol. The molecular weight excluding hydrogens is 392 g/mol. The third-order valence-electron chi connectivity index (χ3n) is 3.03. The molecule has 0 spiro atoms. The van der Waals surface area contributed by atoms with Crippen molar-refractivity contribution >= 4 is 39.6 Å². The Bertz CT molecular complexity index is 728. The molecule has 2 rings (SSSR count). The van der Waals surface area contributed by atoms with Gasteiger partial charge in [0.05, 0.1) is 24.3 Å². The minimum atomic E-state index is -0.455. The molecule has 0 fully saturated rings. The number of hydrogen-bond donors (Lipinski definition) is 0. The molecule has 0 aliphatic carbocycles. The lowest BCUT2D eigenvalue weighted by Gasteiger charge is -2.11. The van der Waals surface area contributed by atoms with Crippen molar-refractivity contribution in [2.45, 2.75) is 23.6 Å². The minimum Gasteiger partial charge on any atom is -0.462 e. The first-order valence-corrected chi connectivity index (χ1v) is 9.07. The number of rotatable bonds is 6. The van der Waals surface area contributed by atoms with E-state index in [1.54, 1.807) is 26.0 Å². The summed E-state index contributed by atoms with van der Waals surface area (Å²) >= 11 is 4.83. The summed E-state index contributed by atoms with van der Waals surface area (Å²) in [6.45, 7) is 4.03. The fraction of sp³-hybridized carbons (Fsp3) is 0.222. The third-order valence-corrected chi connectivity index (χ3v) is 4.64. The summed E-state index contributed by atoms with van der Waals surface area (Å²) in [7, 11) is 0. The van der Waals surface area contributed by atoms with Crippen molar-refractivity contribution in [2.75, 3.05) is 13.2 Å². The van der Waals surface area contributed by atoms with Crippen LogP contribution in [0.15, 0.2) is 56.7 Å². The van der Waals surface area contributed by atoms with Crippen LogP contribution < -0.4 is 0 Å². The lowest BCUT2D eigenvalue weighted by atomic mass is 10.1. The molecule has 0 N–H and O–H groups in total. The van der Waals surface area contributed by atoms with Crippen molar-refractivity contribution in [3.05, 3.63) is 58.1 Å². The maximum atomic E-state index is 12.2. The van der Waals surface area contributed by atoms with E-state index < -0.39 is 11.9 Å². The van der Waals surface area contributed by atoms with Gasteiger partial charge in [-0.05, 0) is 56.3 Å². The molecule has 126 valence electrons. The third kappa shape index (κ3) is 4.85. The lowest BCUT2D eigenvalue weighted by molar-refractivity contribution is 0.0521. The normalized spacial score (nSPS) is 10.3. The molecule has 0 unspecified atom stereocenters. The average Bonchev–Trinajstić information content (AvgIpc) is 2.57. The van der Waals surface area contributed by atoms with Crippen LogP contribution in [-0.4, -0.2) is 25.2 Å². The van der Waals surface area contributed by atoms with Crippen LogP contribution in [0.2, 0.25) is 0 Å². The summed E-state index contributed by atoms with van der Waals surface area (Å²) in [5, 5.41) is 0. The number of hydrogen-bond acceptors (Lipinski definition) is 5. The Morgan fingerprint density at radius 2 is 1.58 bits per heavy atom. The van der Waals surface area contributed by atoms with Gasteiger partial charge in [-0.3, -0.25) is 0 Å². The first kappa shape index (κ1) is 18.5. The number of benzene rings is 2. The molecule has 0 aliphatic rings. The van der Waals surface area contributed by atoms with E-state index in [9.17, 15) is 9.59 Å². The van der Waals surface area contributed by atoms with E-state index in [1.807, 2.05) is 24.3 Å². The zero-order chi connectivity index (χ0) is 17.5. The van der Waals surface area contributed by atoms with Crippen LogP contribution in [0, 0.1) is 0 Å². The van der Waals surface area contributed by atoms with Crippen LogP contribution in [0.4, 0.5) is 0 Å². The Morgan fingerprint density at radius 3 is 2.21 bits per heavy atom. The molecule has 0 saturated carbocycles. The topological polar surface area (TPSA) is 52.6 Å². The molecule has 6 heteroatoms. The Kier molecular flexibility index (Phi) is 6.87. The molecule has 24 heavy (non-hydrogen) atoms. The summed E-state index contributed by atoms with van der Waals surface area (Å²) in [5.41, 5.74) is 0.690. The molecule has 0 atom stereocenters. The summed E-state index contributed by atoms with van der Waals surface area (Å²) < 4.78 is 11.1. The maximum absolute atomic E-state index is 12.2. The summed E-state index contributed by atoms with van der Waals surface area (Å²) in [5.74, 6) is -0.911. The summed E-state index contributed by atoms with van der Waals surface area (Å²) in [6, 6.07) is 12.7. The quantitative estimate of drug-likeness (QED) is 0.632. The van der Waals surface area contributed by atoms with Gasteiger partial charge in [0.25, 0.3) is 0 Å². The molecule has 0 saturated heterocycles. The van der Waals surface area contributed by atoms with E-state index in [2.05, 4.69) is 15.9 Å². The summed E-state index contributed by atoms with van der Waals surface area (Å²) in [6.07, 6.45) is 0. The highest BCUT2D eigenvalue weighted by Crippen LogP contribution is 2.32. The largest absolute Gasteiger partial charge is 0.462 e. The molecule has 2 aromatic rings. The molecule has 0 bridgehead atoms. The minimum absolute atomic E-state index is 0.269. The first-order chi connectivity index (χ1) is 11.5. The zero-order valence-electron chi connectivity index (χ0n) is 13.4. The molecule has 0 radical (unpaired) electrons. The van der Waals surface area contributed by atoms with Gasteiger partial charge in [0, 0.05) is 14.3 Å². The predicted molar refractivity (Wildman–Crippen MR) is 96.6 cm³/mol. The second-order valence-electron chi connectivity index (χ2n) is 4.71. The zero-order valence-corrected chi connectivity index (χ0v) is 15.8. The maximum Gasteiger partial charge on any atom is 0.339 e. The van der Waals surface area contributed by atoms with E-state index in [4.69, 9.17) is 9.47 Å². The lowest BCUT2D eigenvalue weighted by Crippen LogP contribution is -2.10. The molecule has 2 aromatic carbocycles. The van der Waals surface area contributed by atoms with Gasteiger partial charge in [-0.25, -0.2) is 9.59 Å². The Balaban J connectivity index is 2.36. The van der Waals surface area contributed by atoms with Gasteiger partial charge >= 0.3 is 11.9 Å². The SMILES string of the molecule is CCOC(=O)c1ccc(Sc2ccc(Br)cc2)c(C(=O)OCC)c1. The van der Waals surface area contributed by atoms with Gasteiger partial charge in [-0.15, -0.1) is 0 Å². The van der Waals surface area contributed by atoms with Crippen LogP contribution >= 0.6 is 27.7 Å². The van der Waals surface area contributed by atoms with Crippen LogP contribution in [-0.2, 0) is 9.47 Å². The van der Waals surface area contributed by atoms with Gasteiger partial charge < -0.3 is 9.47 Å². The summed E-state index contributed by atoms with van der Waals surface area (Å²) in [4.78, 5) is 25.9. The molecule has 0 heterocycles. The van der Waals surface area contributed by atoms with Gasteiger partial charge in [0.1, 0.15) is 0 Å². The van der Waals surface area contributed by atoms with Gasteiger partial charge in [-0.2, -0.15) is 0 Å². The standard InChI is InChI=1S/C18H17BrO4S/c1-3-22-17(20)12-5-10-16(15(11-12)18(21)23-4-2)24-14-8-6-13(19)7-9-14/h5-11H,3-4H2,1-2H3. The van der Waals surface area contributed by atoms with Gasteiger partial charge in [-0.1, -0.05) is 27.7 Å². The van der Waals surface area contributed by atoms with Crippen LogP contribution in [0.1, 0.15) is 34.6 Å². The highest BCUT2D eigenvalue weighted by molar-refractivity contribution is 9.10. The number of esters is 2. The van der Waals surface area contributed by atoms with Crippen molar-refractivity contribution < 1.29 is 19.1 Å². The van der Waals surface area contributed by atoms with E-state index in [0.29, 0.717) is 11.1 Å². The van der Waals surface area contributed by atoms with Crippen molar-refractivity contribution in [3.8, 4) is 0 Å². The Hall–Kier alpha value is -1.79. The van der Waals surface area contributed by atoms with Crippen molar-refractivity contribution in [2.24, 2.45) is 0 Å². The van der Waals surface area contributed by atoms with Crippen molar-refractivity contribution in [1.29, 1.82) is 0 Å². The number of ether oxygens (including phenoxy) is 2. The molecule has 4 nitrogen and oxygen atoms in total. The Labute approximate surface area is 153 Å². The van der Waals surface area contributed by atoms with Crippen LogP contribution in [0.5, 0.6) is 0 Å². The van der Waals surface area contributed by atoms with Crippen molar-refractivity contribution in [1.82, 2.24) is 0 Å². The molecule has 0 amide bonds. The van der Waals surface area contributed by atoms with E-state index in [0.717, 1.165) is 14.3 Å². The number of halogens is 1. The number of carbonyl (C=O) groups excluding carboxylic acids is 2. The predicted octanol–water partition coefficient (Wildman–Crippen LogP) is 4.95. The Morgan fingerprint density at radius 1 is 0.958 bits per heavy atom. The van der Waals surface area contributed by atoms with E-state index >= 15 is 0 Å². The van der Waals surface area contributed by atoms with Gasteiger partial charge in [0.15, 0.2) is 0 Å². The van der Waals surface area contributed by atoms with Crippen LogP contribution in [0.25, 0.3) is 0 Å². The fourth-order valence-electron chi connectivity index (χ4n) is 1.96. The highest BCUT2D eigenvalue weighted by Gasteiger charge is 2.17. The molecule has 0 aliphatic heterocycles.